The molecule has 0 bridgehead atoms. The fourth-order valence-corrected chi connectivity index (χ4v) is 1.35. The number of hydrogen-bond donors (Lipinski definition) is 0. The van der Waals surface area contributed by atoms with Crippen LogP contribution < -0.4 is 4.74 Å². The summed E-state index contributed by atoms with van der Waals surface area (Å²) in [6.07, 6.45) is 0.617. The van der Waals surface area contributed by atoms with Gasteiger partial charge in [0.25, 0.3) is 5.69 Å². The quantitative estimate of drug-likeness (QED) is 0.588. The minimum atomic E-state index is -0.466. The van der Waals surface area contributed by atoms with Crippen LogP contribution in [0.5, 0.6) is 5.75 Å². The molecule has 0 fully saturated rings. The molecule has 0 aliphatic carbocycles. The van der Waals surface area contributed by atoms with Crippen molar-refractivity contribution in [2.75, 3.05) is 6.61 Å². The highest BCUT2D eigenvalue weighted by Crippen LogP contribution is 2.31. The van der Waals surface area contributed by atoms with E-state index in [2.05, 4.69) is 6.92 Å². The predicted molar refractivity (Wildman–Crippen MR) is 58.3 cm³/mol. The van der Waals surface area contributed by atoms with Gasteiger partial charge in [0, 0.05) is 11.6 Å². The molecule has 0 amide bonds. The summed E-state index contributed by atoms with van der Waals surface area (Å²) in [5.41, 5.74) is 0.533. The van der Waals surface area contributed by atoms with E-state index in [9.17, 15) is 10.1 Å². The Morgan fingerprint density at radius 2 is 2.27 bits per heavy atom. The van der Waals surface area contributed by atoms with E-state index in [0.717, 1.165) is 0 Å². The average Bonchev–Trinajstić information content (AvgIpc) is 2.18. The monoisotopic (exact) mass is 228 g/mol. The normalized spacial score (nSPS) is 10.1. The van der Waals surface area contributed by atoms with Gasteiger partial charge in [0.1, 0.15) is 5.75 Å². The number of nitro groups is 1. The largest absolute Gasteiger partial charge is 0.492 e. The maximum absolute atomic E-state index is 10.6. The van der Waals surface area contributed by atoms with Crippen LogP contribution in [-0.4, -0.2) is 11.5 Å². The Balaban J connectivity index is 3.02. The lowest BCUT2D eigenvalue weighted by atomic mass is 10.2. The highest BCUT2D eigenvalue weighted by atomic mass is 35.5. The number of nitro benzene ring substituents is 1. The smallest absolute Gasteiger partial charge is 0.274 e. The fraction of sp³-hybridized carbons (Fsp3) is 0.300. The molecular weight excluding hydrogens is 218 g/mol. The first kappa shape index (κ1) is 11.8. The van der Waals surface area contributed by atoms with Crippen molar-refractivity contribution in [1.29, 1.82) is 0 Å². The SMILES string of the molecule is [CH2]CCOc1cc(C)c([N+](=O)[O-])cc1Cl. The number of rotatable bonds is 4. The average molecular weight is 229 g/mol. The first-order valence-corrected chi connectivity index (χ1v) is 4.80. The van der Waals surface area contributed by atoms with E-state index in [1.165, 1.54) is 6.07 Å². The van der Waals surface area contributed by atoms with Gasteiger partial charge in [-0.15, -0.1) is 0 Å². The number of ether oxygens (including phenoxy) is 1. The van der Waals surface area contributed by atoms with Gasteiger partial charge < -0.3 is 4.74 Å². The molecular formula is C10H11ClNO3. The zero-order valence-electron chi connectivity index (χ0n) is 8.33. The van der Waals surface area contributed by atoms with Crippen LogP contribution in [0.25, 0.3) is 0 Å². The van der Waals surface area contributed by atoms with Crippen LogP contribution >= 0.6 is 11.6 Å². The third-order valence-electron chi connectivity index (χ3n) is 1.85. The number of nitrogens with zero attached hydrogens (tertiary/aromatic N) is 1. The van der Waals surface area contributed by atoms with Gasteiger partial charge in [-0.05, 0) is 26.3 Å². The Morgan fingerprint density at radius 3 is 2.80 bits per heavy atom. The number of hydrogen-bond acceptors (Lipinski definition) is 3. The molecule has 4 nitrogen and oxygen atoms in total. The minimum Gasteiger partial charge on any atom is -0.492 e. The standard InChI is InChI=1S/C10H11ClNO3/c1-3-4-15-10-5-7(2)9(12(13)14)6-8(10)11/h5-6H,1,3-4H2,2H3. The third kappa shape index (κ3) is 2.83. The van der Waals surface area contributed by atoms with Crippen molar-refractivity contribution in [3.8, 4) is 5.75 Å². The molecule has 0 saturated heterocycles. The molecule has 0 spiro atoms. The zero-order chi connectivity index (χ0) is 11.4. The number of benzene rings is 1. The Labute approximate surface area is 93.0 Å². The number of halogens is 1. The number of aryl methyl sites for hydroxylation is 1. The minimum absolute atomic E-state index is 0.00183. The second-order valence-electron chi connectivity index (χ2n) is 3.03. The lowest BCUT2D eigenvalue weighted by Gasteiger charge is -2.07. The second-order valence-corrected chi connectivity index (χ2v) is 3.44. The van der Waals surface area contributed by atoms with Crippen LogP contribution in [0.15, 0.2) is 12.1 Å². The molecule has 0 N–H and O–H groups in total. The highest BCUT2D eigenvalue weighted by molar-refractivity contribution is 6.32. The summed E-state index contributed by atoms with van der Waals surface area (Å²) in [5, 5.41) is 10.8. The molecule has 81 valence electrons. The summed E-state index contributed by atoms with van der Waals surface area (Å²) in [4.78, 5) is 10.1. The molecule has 1 rings (SSSR count). The summed E-state index contributed by atoms with van der Waals surface area (Å²) in [5.74, 6) is 0.461. The maximum Gasteiger partial charge on any atom is 0.274 e. The molecule has 1 radical (unpaired) electrons. The van der Waals surface area contributed by atoms with Crippen molar-refractivity contribution in [1.82, 2.24) is 0 Å². The Hall–Kier alpha value is -1.29. The van der Waals surface area contributed by atoms with Gasteiger partial charge in [0.05, 0.1) is 16.6 Å². The van der Waals surface area contributed by atoms with Crippen LogP contribution in [0, 0.1) is 24.0 Å². The van der Waals surface area contributed by atoms with Crippen molar-refractivity contribution >= 4 is 17.3 Å². The Kier molecular flexibility index (Phi) is 3.91. The molecule has 0 heterocycles. The molecule has 0 aliphatic heterocycles. The van der Waals surface area contributed by atoms with Crippen LogP contribution in [-0.2, 0) is 0 Å². The summed E-state index contributed by atoms with van der Waals surface area (Å²) < 4.78 is 5.28. The van der Waals surface area contributed by atoms with Crippen LogP contribution in [0.3, 0.4) is 0 Å². The summed E-state index contributed by atoms with van der Waals surface area (Å²) in [6.45, 7) is 5.71. The van der Waals surface area contributed by atoms with E-state index >= 15 is 0 Å². The topological polar surface area (TPSA) is 52.4 Å². The van der Waals surface area contributed by atoms with Gasteiger partial charge >= 0.3 is 0 Å². The van der Waals surface area contributed by atoms with E-state index < -0.39 is 4.92 Å². The van der Waals surface area contributed by atoms with E-state index in [1.54, 1.807) is 13.0 Å². The highest BCUT2D eigenvalue weighted by Gasteiger charge is 2.14. The second kappa shape index (κ2) is 4.98. The molecule has 0 aliphatic rings. The molecule has 0 atom stereocenters. The fourth-order valence-electron chi connectivity index (χ4n) is 1.13. The third-order valence-corrected chi connectivity index (χ3v) is 2.14. The van der Waals surface area contributed by atoms with Crippen LogP contribution in [0.4, 0.5) is 5.69 Å². The van der Waals surface area contributed by atoms with Crippen LogP contribution in [0.1, 0.15) is 12.0 Å². The molecule has 5 heteroatoms. The lowest BCUT2D eigenvalue weighted by molar-refractivity contribution is -0.385. The van der Waals surface area contributed by atoms with E-state index in [4.69, 9.17) is 16.3 Å². The van der Waals surface area contributed by atoms with Gasteiger partial charge in [-0.1, -0.05) is 11.6 Å². The molecule has 15 heavy (non-hydrogen) atoms. The van der Waals surface area contributed by atoms with Gasteiger partial charge in [-0.25, -0.2) is 0 Å². The summed E-state index contributed by atoms with van der Waals surface area (Å²) in [6, 6.07) is 2.87. The van der Waals surface area contributed by atoms with Crippen molar-refractivity contribution in [2.24, 2.45) is 0 Å². The zero-order valence-corrected chi connectivity index (χ0v) is 9.08. The van der Waals surface area contributed by atoms with Gasteiger partial charge in [0.2, 0.25) is 0 Å². The first-order chi connectivity index (χ1) is 7.06. The van der Waals surface area contributed by atoms with Gasteiger partial charge in [-0.2, -0.15) is 0 Å². The van der Waals surface area contributed by atoms with Crippen molar-refractivity contribution in [3.05, 3.63) is 39.8 Å². The van der Waals surface area contributed by atoms with E-state index in [0.29, 0.717) is 24.3 Å². The first-order valence-electron chi connectivity index (χ1n) is 4.43. The molecule has 0 unspecified atom stereocenters. The van der Waals surface area contributed by atoms with Gasteiger partial charge in [-0.3, -0.25) is 10.1 Å². The Bertz CT molecular complexity index is 379. The molecule has 0 aromatic heterocycles. The van der Waals surface area contributed by atoms with E-state index in [-0.39, 0.29) is 10.7 Å². The van der Waals surface area contributed by atoms with Crippen molar-refractivity contribution in [2.45, 2.75) is 13.3 Å². The predicted octanol–water partition coefficient (Wildman–Crippen LogP) is 3.16. The summed E-state index contributed by atoms with van der Waals surface area (Å²) >= 11 is 5.83. The van der Waals surface area contributed by atoms with Crippen LogP contribution in [0.2, 0.25) is 5.02 Å². The molecule has 1 aromatic rings. The maximum atomic E-state index is 10.6. The Morgan fingerprint density at radius 1 is 1.60 bits per heavy atom. The van der Waals surface area contributed by atoms with E-state index in [1.807, 2.05) is 0 Å². The van der Waals surface area contributed by atoms with Crippen molar-refractivity contribution in [3.63, 3.8) is 0 Å². The van der Waals surface area contributed by atoms with Crippen molar-refractivity contribution < 1.29 is 9.66 Å². The molecule has 0 saturated carbocycles. The lowest BCUT2D eigenvalue weighted by Crippen LogP contribution is -1.98. The van der Waals surface area contributed by atoms with Gasteiger partial charge in [0.15, 0.2) is 0 Å². The molecule has 1 aromatic carbocycles. The summed E-state index contributed by atoms with van der Waals surface area (Å²) in [7, 11) is 0.